The van der Waals surface area contributed by atoms with E-state index in [9.17, 15) is 9.59 Å². The van der Waals surface area contributed by atoms with Gasteiger partial charge in [-0.05, 0) is 54.8 Å². The van der Waals surface area contributed by atoms with Gasteiger partial charge in [0.2, 0.25) is 17.7 Å². The van der Waals surface area contributed by atoms with Crippen LogP contribution < -0.4 is 15.4 Å². The van der Waals surface area contributed by atoms with Crippen LogP contribution >= 0.6 is 0 Å². The minimum Gasteiger partial charge on any atom is -0.439 e. The number of aromatic nitrogens is 1. The summed E-state index contributed by atoms with van der Waals surface area (Å²) in [4.78, 5) is 29.0. The predicted molar refractivity (Wildman–Crippen MR) is 111 cm³/mol. The standard InChI is InChI=1S/C23H21N3O3/c1-14-7-9-17(11-15(14)2)29-22-10-8-16(13-24-22)25-23(28)19-12-21(27)26-20-6-4-3-5-18(19)20/h3-11,13,19H,12H2,1-2H3,(H,25,28)(H,26,27). The molecule has 0 radical (unpaired) electrons. The first kappa shape index (κ1) is 18.7. The van der Waals surface area contributed by atoms with Crippen LogP contribution in [0.2, 0.25) is 0 Å². The van der Waals surface area contributed by atoms with E-state index in [1.165, 1.54) is 5.56 Å². The van der Waals surface area contributed by atoms with E-state index in [1.807, 2.05) is 50.2 Å². The van der Waals surface area contributed by atoms with Gasteiger partial charge in [-0.3, -0.25) is 9.59 Å². The van der Waals surface area contributed by atoms with E-state index in [1.54, 1.807) is 24.4 Å². The van der Waals surface area contributed by atoms with Gasteiger partial charge in [0.1, 0.15) is 5.75 Å². The number of anilines is 2. The lowest BCUT2D eigenvalue weighted by atomic mass is 9.90. The van der Waals surface area contributed by atoms with E-state index in [2.05, 4.69) is 15.6 Å². The van der Waals surface area contributed by atoms with Gasteiger partial charge in [0, 0.05) is 18.2 Å². The highest BCUT2D eigenvalue weighted by molar-refractivity contribution is 6.05. The molecule has 0 saturated carbocycles. The van der Waals surface area contributed by atoms with Gasteiger partial charge in [0.25, 0.3) is 0 Å². The Morgan fingerprint density at radius 1 is 1.10 bits per heavy atom. The molecule has 3 aromatic rings. The number of pyridine rings is 1. The van der Waals surface area contributed by atoms with Crippen molar-refractivity contribution in [2.45, 2.75) is 26.2 Å². The molecule has 1 atom stereocenters. The summed E-state index contributed by atoms with van der Waals surface area (Å²) in [5.74, 6) is 0.207. The summed E-state index contributed by atoms with van der Waals surface area (Å²) >= 11 is 0. The van der Waals surface area contributed by atoms with E-state index in [-0.39, 0.29) is 18.2 Å². The summed E-state index contributed by atoms with van der Waals surface area (Å²) in [6.07, 6.45) is 1.66. The molecule has 2 N–H and O–H groups in total. The fourth-order valence-electron chi connectivity index (χ4n) is 3.29. The van der Waals surface area contributed by atoms with Gasteiger partial charge in [-0.15, -0.1) is 0 Å². The minimum absolute atomic E-state index is 0.115. The first-order valence-corrected chi connectivity index (χ1v) is 9.40. The van der Waals surface area contributed by atoms with Crippen LogP contribution in [0.25, 0.3) is 0 Å². The van der Waals surface area contributed by atoms with Crippen molar-refractivity contribution >= 4 is 23.2 Å². The SMILES string of the molecule is Cc1ccc(Oc2ccc(NC(=O)C3CC(=O)Nc4ccccc43)cn2)cc1C. The summed E-state index contributed by atoms with van der Waals surface area (Å²) in [7, 11) is 0. The zero-order valence-electron chi connectivity index (χ0n) is 16.2. The van der Waals surface area contributed by atoms with Crippen LogP contribution in [0.3, 0.4) is 0 Å². The number of fused-ring (bicyclic) bond motifs is 1. The third kappa shape index (κ3) is 4.11. The monoisotopic (exact) mass is 387 g/mol. The number of rotatable bonds is 4. The number of amides is 2. The molecule has 146 valence electrons. The summed E-state index contributed by atoms with van der Waals surface area (Å²) in [6.45, 7) is 4.07. The van der Waals surface area contributed by atoms with Crippen molar-refractivity contribution in [1.82, 2.24) is 4.98 Å². The van der Waals surface area contributed by atoms with Gasteiger partial charge in [0.05, 0.1) is 17.8 Å². The predicted octanol–water partition coefficient (Wildman–Crippen LogP) is 4.56. The van der Waals surface area contributed by atoms with Crippen LogP contribution in [0.1, 0.15) is 29.0 Å². The fraction of sp³-hybridized carbons (Fsp3) is 0.174. The van der Waals surface area contributed by atoms with E-state index < -0.39 is 5.92 Å². The molecule has 0 aliphatic carbocycles. The molecule has 0 bridgehead atoms. The molecular formula is C23H21N3O3. The topological polar surface area (TPSA) is 80.3 Å². The Morgan fingerprint density at radius 3 is 2.69 bits per heavy atom. The smallest absolute Gasteiger partial charge is 0.232 e. The van der Waals surface area contributed by atoms with Crippen molar-refractivity contribution in [1.29, 1.82) is 0 Å². The highest BCUT2D eigenvalue weighted by Gasteiger charge is 2.30. The molecular weight excluding hydrogens is 366 g/mol. The van der Waals surface area contributed by atoms with Crippen molar-refractivity contribution in [2.24, 2.45) is 0 Å². The van der Waals surface area contributed by atoms with Crippen molar-refractivity contribution in [3.8, 4) is 11.6 Å². The number of carbonyl (C=O) groups excluding carboxylic acids is 2. The molecule has 2 heterocycles. The second-order valence-electron chi connectivity index (χ2n) is 7.11. The maximum atomic E-state index is 12.8. The zero-order chi connectivity index (χ0) is 20.4. The lowest BCUT2D eigenvalue weighted by Gasteiger charge is -2.24. The molecule has 6 heteroatoms. The number of carbonyl (C=O) groups is 2. The molecule has 1 unspecified atom stereocenters. The largest absolute Gasteiger partial charge is 0.439 e. The Morgan fingerprint density at radius 2 is 1.93 bits per heavy atom. The first-order chi connectivity index (χ1) is 14.0. The molecule has 0 spiro atoms. The van der Waals surface area contributed by atoms with Gasteiger partial charge < -0.3 is 15.4 Å². The van der Waals surface area contributed by atoms with Crippen molar-refractivity contribution in [2.75, 3.05) is 10.6 Å². The second-order valence-corrected chi connectivity index (χ2v) is 7.11. The molecule has 0 fully saturated rings. The quantitative estimate of drug-likeness (QED) is 0.688. The van der Waals surface area contributed by atoms with Crippen molar-refractivity contribution in [3.05, 3.63) is 77.5 Å². The Hall–Kier alpha value is -3.67. The normalized spacial score (nSPS) is 15.2. The summed E-state index contributed by atoms with van der Waals surface area (Å²) in [5, 5.41) is 5.64. The molecule has 0 saturated heterocycles. The first-order valence-electron chi connectivity index (χ1n) is 9.40. The van der Waals surface area contributed by atoms with Gasteiger partial charge in [0.15, 0.2) is 0 Å². The third-order valence-electron chi connectivity index (χ3n) is 5.02. The second kappa shape index (κ2) is 7.75. The molecule has 6 nitrogen and oxygen atoms in total. The minimum atomic E-state index is -0.536. The van der Waals surface area contributed by atoms with Crippen LogP contribution in [0, 0.1) is 13.8 Å². The lowest BCUT2D eigenvalue weighted by Crippen LogP contribution is -2.30. The van der Waals surface area contributed by atoms with Crippen LogP contribution in [-0.4, -0.2) is 16.8 Å². The number of hydrogen-bond donors (Lipinski definition) is 2. The Bertz CT molecular complexity index is 1080. The highest BCUT2D eigenvalue weighted by Crippen LogP contribution is 2.33. The van der Waals surface area contributed by atoms with E-state index in [0.29, 0.717) is 23.0 Å². The maximum Gasteiger partial charge on any atom is 0.232 e. The van der Waals surface area contributed by atoms with E-state index in [4.69, 9.17) is 4.74 Å². The van der Waals surface area contributed by atoms with Gasteiger partial charge in [-0.2, -0.15) is 0 Å². The van der Waals surface area contributed by atoms with E-state index in [0.717, 1.165) is 11.1 Å². The molecule has 2 amide bonds. The maximum absolute atomic E-state index is 12.8. The molecule has 2 aromatic carbocycles. The number of benzene rings is 2. The fourth-order valence-corrected chi connectivity index (χ4v) is 3.29. The highest BCUT2D eigenvalue weighted by atomic mass is 16.5. The number of nitrogens with one attached hydrogen (secondary N) is 2. The number of aryl methyl sites for hydroxylation is 2. The average molecular weight is 387 g/mol. The van der Waals surface area contributed by atoms with Crippen LogP contribution in [-0.2, 0) is 9.59 Å². The molecule has 4 rings (SSSR count). The van der Waals surface area contributed by atoms with Crippen molar-refractivity contribution < 1.29 is 14.3 Å². The number of nitrogens with zero attached hydrogens (tertiary/aromatic N) is 1. The van der Waals surface area contributed by atoms with Crippen LogP contribution in [0.15, 0.2) is 60.8 Å². The molecule has 1 aliphatic rings. The summed E-state index contributed by atoms with van der Waals surface area (Å²) in [5.41, 5.74) is 4.38. The van der Waals surface area contributed by atoms with Gasteiger partial charge in [-0.1, -0.05) is 24.3 Å². The summed E-state index contributed by atoms with van der Waals surface area (Å²) in [6, 6.07) is 16.6. The Balaban J connectivity index is 1.45. The molecule has 1 aliphatic heterocycles. The van der Waals surface area contributed by atoms with Gasteiger partial charge >= 0.3 is 0 Å². The molecule has 29 heavy (non-hydrogen) atoms. The Labute approximate surface area is 168 Å². The zero-order valence-corrected chi connectivity index (χ0v) is 16.2. The van der Waals surface area contributed by atoms with Gasteiger partial charge in [-0.25, -0.2) is 4.98 Å². The number of hydrogen-bond acceptors (Lipinski definition) is 4. The van der Waals surface area contributed by atoms with Crippen LogP contribution in [0.5, 0.6) is 11.6 Å². The van der Waals surface area contributed by atoms with Crippen molar-refractivity contribution in [3.63, 3.8) is 0 Å². The van der Waals surface area contributed by atoms with E-state index >= 15 is 0 Å². The third-order valence-corrected chi connectivity index (χ3v) is 5.02. The number of para-hydroxylation sites is 1. The lowest BCUT2D eigenvalue weighted by molar-refractivity contribution is -0.123. The number of ether oxygens (including phenoxy) is 1. The average Bonchev–Trinajstić information content (AvgIpc) is 2.71. The van der Waals surface area contributed by atoms with Crippen LogP contribution in [0.4, 0.5) is 11.4 Å². The Kier molecular flexibility index (Phi) is 4.99. The summed E-state index contributed by atoms with van der Waals surface area (Å²) < 4.78 is 5.77. The molecule has 1 aromatic heterocycles.